The number of carbonyl (C=O) groups excluding carboxylic acids is 1. The van der Waals surface area contributed by atoms with E-state index in [4.69, 9.17) is 11.5 Å². The molecule has 7 heteroatoms. The summed E-state index contributed by atoms with van der Waals surface area (Å²) >= 11 is 0. The van der Waals surface area contributed by atoms with E-state index in [1.165, 1.54) is 0 Å². The summed E-state index contributed by atoms with van der Waals surface area (Å²) in [6.45, 7) is 0. The number of ether oxygens (including phenoxy) is 1. The van der Waals surface area contributed by atoms with Crippen LogP contribution in [0.2, 0.25) is 0 Å². The highest BCUT2D eigenvalue weighted by atomic mass is 19.2. The van der Waals surface area contributed by atoms with Gasteiger partial charge in [0.25, 0.3) is 0 Å². The van der Waals surface area contributed by atoms with Gasteiger partial charge in [0, 0.05) is 18.1 Å². The van der Waals surface area contributed by atoms with Crippen LogP contribution in [-0.4, -0.2) is 19.1 Å². The SMILES string of the molecule is COC(=O)[C@@H](N)Cc1c(N)c(F)cc(F)c1F. The lowest BCUT2D eigenvalue weighted by molar-refractivity contribution is -0.142. The van der Waals surface area contributed by atoms with Crippen LogP contribution in [0.25, 0.3) is 0 Å². The fraction of sp³-hybridized carbons (Fsp3) is 0.300. The first kappa shape index (κ1) is 13.3. The molecular weight excluding hydrogens is 237 g/mol. The van der Waals surface area contributed by atoms with Gasteiger partial charge in [-0.15, -0.1) is 0 Å². The predicted molar refractivity (Wildman–Crippen MR) is 54.4 cm³/mol. The number of carbonyl (C=O) groups is 1. The molecule has 1 atom stereocenters. The molecule has 0 aliphatic rings. The summed E-state index contributed by atoms with van der Waals surface area (Å²) in [5.41, 5.74) is 9.57. The molecule has 4 nitrogen and oxygen atoms in total. The monoisotopic (exact) mass is 248 g/mol. The third-order valence-corrected chi connectivity index (χ3v) is 2.24. The molecule has 1 aromatic carbocycles. The van der Waals surface area contributed by atoms with Crippen LogP contribution >= 0.6 is 0 Å². The van der Waals surface area contributed by atoms with Gasteiger partial charge in [0.05, 0.1) is 12.8 Å². The van der Waals surface area contributed by atoms with Gasteiger partial charge >= 0.3 is 5.97 Å². The van der Waals surface area contributed by atoms with Crippen molar-refractivity contribution in [3.8, 4) is 0 Å². The van der Waals surface area contributed by atoms with Crippen LogP contribution in [0.1, 0.15) is 5.56 Å². The van der Waals surface area contributed by atoms with E-state index < -0.39 is 47.1 Å². The number of esters is 1. The van der Waals surface area contributed by atoms with E-state index in [9.17, 15) is 18.0 Å². The van der Waals surface area contributed by atoms with Gasteiger partial charge in [0.2, 0.25) is 0 Å². The van der Waals surface area contributed by atoms with Gasteiger partial charge in [-0.2, -0.15) is 0 Å². The van der Waals surface area contributed by atoms with E-state index in [2.05, 4.69) is 4.74 Å². The molecule has 0 heterocycles. The van der Waals surface area contributed by atoms with Gasteiger partial charge in [-0.3, -0.25) is 4.79 Å². The Hall–Kier alpha value is -1.76. The number of methoxy groups -OCH3 is 1. The number of benzene rings is 1. The normalized spacial score (nSPS) is 12.3. The molecule has 0 aliphatic carbocycles. The lowest BCUT2D eigenvalue weighted by Crippen LogP contribution is -2.34. The lowest BCUT2D eigenvalue weighted by Gasteiger charge is -2.12. The second-order valence-electron chi connectivity index (χ2n) is 3.38. The molecule has 17 heavy (non-hydrogen) atoms. The Bertz CT molecular complexity index is 425. The van der Waals surface area contributed by atoms with E-state index >= 15 is 0 Å². The maximum atomic E-state index is 13.3. The maximum Gasteiger partial charge on any atom is 0.322 e. The molecule has 94 valence electrons. The first-order chi connectivity index (χ1) is 7.88. The Balaban J connectivity index is 3.10. The van der Waals surface area contributed by atoms with Crippen molar-refractivity contribution in [1.82, 2.24) is 0 Å². The summed E-state index contributed by atoms with van der Waals surface area (Å²) in [7, 11) is 1.09. The van der Waals surface area contributed by atoms with E-state index in [1.54, 1.807) is 0 Å². The van der Waals surface area contributed by atoms with Crippen LogP contribution in [0, 0.1) is 17.5 Å². The van der Waals surface area contributed by atoms with Crippen molar-refractivity contribution in [2.45, 2.75) is 12.5 Å². The van der Waals surface area contributed by atoms with E-state index in [1.807, 2.05) is 0 Å². The average Bonchev–Trinajstić information content (AvgIpc) is 2.30. The van der Waals surface area contributed by atoms with E-state index in [0.717, 1.165) is 7.11 Å². The summed E-state index contributed by atoms with van der Waals surface area (Å²) in [6, 6.07) is -0.907. The van der Waals surface area contributed by atoms with Gasteiger partial charge in [0.15, 0.2) is 11.6 Å². The second-order valence-corrected chi connectivity index (χ2v) is 3.38. The zero-order chi connectivity index (χ0) is 13.2. The minimum absolute atomic E-state index is 0.331. The Labute approximate surface area is 95.3 Å². The topological polar surface area (TPSA) is 78.3 Å². The number of nitrogen functional groups attached to an aromatic ring is 1. The van der Waals surface area contributed by atoms with E-state index in [-0.39, 0.29) is 0 Å². The molecule has 0 saturated heterocycles. The molecule has 0 spiro atoms. The molecule has 0 aliphatic heterocycles. The van der Waals surface area contributed by atoms with Crippen LogP contribution in [0.3, 0.4) is 0 Å². The van der Waals surface area contributed by atoms with Gasteiger partial charge in [-0.05, 0) is 0 Å². The molecule has 0 aromatic heterocycles. The fourth-order valence-electron chi connectivity index (χ4n) is 1.31. The molecule has 4 N–H and O–H groups in total. The van der Waals surface area contributed by atoms with Crippen molar-refractivity contribution >= 4 is 11.7 Å². The van der Waals surface area contributed by atoms with Crippen molar-refractivity contribution < 1.29 is 22.7 Å². The predicted octanol–water partition coefficient (Wildman–Crippen LogP) is 0.729. The Morgan fingerprint density at radius 3 is 2.53 bits per heavy atom. The Morgan fingerprint density at radius 1 is 1.41 bits per heavy atom. The van der Waals surface area contributed by atoms with Crippen molar-refractivity contribution in [2.75, 3.05) is 12.8 Å². The minimum atomic E-state index is -1.39. The minimum Gasteiger partial charge on any atom is -0.468 e. The summed E-state index contributed by atoms with van der Waals surface area (Å²) in [5.74, 6) is -4.63. The number of anilines is 1. The number of rotatable bonds is 3. The second kappa shape index (κ2) is 5.05. The summed E-state index contributed by atoms with van der Waals surface area (Å²) in [5, 5.41) is 0. The molecule has 1 aromatic rings. The van der Waals surface area contributed by atoms with Gasteiger partial charge in [-0.25, -0.2) is 13.2 Å². The highest BCUT2D eigenvalue weighted by Gasteiger charge is 2.22. The average molecular weight is 248 g/mol. The zero-order valence-corrected chi connectivity index (χ0v) is 8.97. The number of hydrogen-bond acceptors (Lipinski definition) is 4. The highest BCUT2D eigenvalue weighted by Crippen LogP contribution is 2.23. The van der Waals surface area contributed by atoms with Crippen molar-refractivity contribution in [2.24, 2.45) is 5.73 Å². The number of halogens is 3. The molecule has 0 radical (unpaired) electrons. The molecule has 0 unspecified atom stereocenters. The van der Waals surface area contributed by atoms with Gasteiger partial charge in [0.1, 0.15) is 11.9 Å². The van der Waals surface area contributed by atoms with Crippen LogP contribution in [0.5, 0.6) is 0 Å². The fourth-order valence-corrected chi connectivity index (χ4v) is 1.31. The zero-order valence-electron chi connectivity index (χ0n) is 8.97. The lowest BCUT2D eigenvalue weighted by atomic mass is 10.0. The summed E-state index contributed by atoms with van der Waals surface area (Å²) in [4.78, 5) is 11.0. The molecule has 0 bridgehead atoms. The van der Waals surface area contributed by atoms with Crippen molar-refractivity contribution in [3.63, 3.8) is 0 Å². The third-order valence-electron chi connectivity index (χ3n) is 2.24. The maximum absolute atomic E-state index is 13.3. The Morgan fingerprint density at radius 2 is 2.00 bits per heavy atom. The smallest absolute Gasteiger partial charge is 0.322 e. The largest absolute Gasteiger partial charge is 0.468 e. The number of nitrogens with two attached hydrogens (primary N) is 2. The van der Waals surface area contributed by atoms with Crippen LogP contribution < -0.4 is 11.5 Å². The molecule has 0 amide bonds. The van der Waals surface area contributed by atoms with Crippen molar-refractivity contribution in [1.29, 1.82) is 0 Å². The molecule has 0 saturated carbocycles. The first-order valence-corrected chi connectivity index (χ1v) is 4.63. The van der Waals surface area contributed by atoms with Gasteiger partial charge < -0.3 is 16.2 Å². The van der Waals surface area contributed by atoms with Crippen LogP contribution in [-0.2, 0) is 16.0 Å². The number of hydrogen-bond donors (Lipinski definition) is 2. The van der Waals surface area contributed by atoms with Crippen LogP contribution in [0.4, 0.5) is 18.9 Å². The van der Waals surface area contributed by atoms with Gasteiger partial charge in [-0.1, -0.05) is 0 Å². The van der Waals surface area contributed by atoms with Crippen LogP contribution in [0.15, 0.2) is 6.07 Å². The standard InChI is InChI=1S/C10H11F3N2O2/c1-17-10(16)7(14)2-4-8(13)5(11)3-6(12)9(4)15/h3,7H,2,14-15H2,1H3/t7-/m0/s1. The third kappa shape index (κ3) is 2.68. The quantitative estimate of drug-likeness (QED) is 0.469. The molecule has 0 fully saturated rings. The highest BCUT2D eigenvalue weighted by molar-refractivity contribution is 5.76. The summed E-state index contributed by atoms with van der Waals surface area (Å²) in [6.07, 6.45) is -0.445. The molecular formula is C10H11F3N2O2. The summed E-state index contributed by atoms with van der Waals surface area (Å²) < 4.78 is 43.6. The van der Waals surface area contributed by atoms with E-state index in [0.29, 0.717) is 6.07 Å². The molecule has 1 rings (SSSR count). The van der Waals surface area contributed by atoms with Crippen molar-refractivity contribution in [3.05, 3.63) is 29.1 Å². The Kier molecular flexibility index (Phi) is 3.95. The first-order valence-electron chi connectivity index (χ1n) is 4.63.